The molecule has 0 aliphatic heterocycles. The van der Waals surface area contributed by atoms with E-state index in [1.54, 1.807) is 6.07 Å². The number of urea groups is 1. The molecule has 2 amide bonds. The van der Waals surface area contributed by atoms with Crippen molar-refractivity contribution in [3.8, 4) is 0 Å². The highest BCUT2D eigenvalue weighted by atomic mass is 79.9. The number of carboxylic acids is 1. The van der Waals surface area contributed by atoms with Crippen LogP contribution in [0, 0.1) is 0 Å². The molecule has 0 heterocycles. The molecule has 1 aromatic carbocycles. The van der Waals surface area contributed by atoms with Crippen molar-refractivity contribution in [3.63, 3.8) is 0 Å². The van der Waals surface area contributed by atoms with Crippen molar-refractivity contribution in [1.29, 1.82) is 0 Å². The van der Waals surface area contributed by atoms with Gasteiger partial charge in [-0.05, 0) is 41.1 Å². The van der Waals surface area contributed by atoms with Gasteiger partial charge in [-0.3, -0.25) is 0 Å². The molecule has 0 bridgehead atoms. The lowest BCUT2D eigenvalue weighted by Crippen LogP contribution is -2.31. The van der Waals surface area contributed by atoms with Gasteiger partial charge in [-0.25, -0.2) is 9.59 Å². The molecule has 0 unspecified atom stereocenters. The van der Waals surface area contributed by atoms with Crippen molar-refractivity contribution in [1.82, 2.24) is 5.32 Å². The first-order valence-corrected chi connectivity index (χ1v) is 6.49. The van der Waals surface area contributed by atoms with Crippen LogP contribution in [0.1, 0.15) is 17.3 Å². The van der Waals surface area contributed by atoms with Gasteiger partial charge < -0.3 is 20.5 Å². The van der Waals surface area contributed by atoms with Gasteiger partial charge in [0.15, 0.2) is 0 Å². The average molecular weight is 331 g/mol. The van der Waals surface area contributed by atoms with Crippen LogP contribution in [0.4, 0.5) is 10.5 Å². The lowest BCUT2D eigenvalue weighted by atomic mass is 10.2. The van der Waals surface area contributed by atoms with Gasteiger partial charge >= 0.3 is 12.0 Å². The fourth-order valence-electron chi connectivity index (χ4n) is 1.30. The summed E-state index contributed by atoms with van der Waals surface area (Å²) in [5, 5.41) is 14.0. The summed E-state index contributed by atoms with van der Waals surface area (Å²) in [6.45, 7) is 3.28. The van der Waals surface area contributed by atoms with Crippen LogP contribution in [0.2, 0.25) is 0 Å². The maximum Gasteiger partial charge on any atom is 0.335 e. The van der Waals surface area contributed by atoms with Gasteiger partial charge in [0.05, 0.1) is 17.9 Å². The lowest BCUT2D eigenvalue weighted by molar-refractivity contribution is 0.0697. The maximum atomic E-state index is 11.6. The second-order valence-corrected chi connectivity index (χ2v) is 4.43. The Bertz CT molecular complexity index is 465. The first-order chi connectivity index (χ1) is 9.04. The predicted octanol–water partition coefficient (Wildman–Crippen LogP) is 2.31. The summed E-state index contributed by atoms with van der Waals surface area (Å²) in [4.78, 5) is 22.4. The molecule has 1 aromatic rings. The largest absolute Gasteiger partial charge is 0.478 e. The quantitative estimate of drug-likeness (QED) is 0.698. The minimum atomic E-state index is -1.05. The van der Waals surface area contributed by atoms with E-state index in [1.807, 2.05) is 6.92 Å². The van der Waals surface area contributed by atoms with E-state index in [2.05, 4.69) is 26.6 Å². The molecular weight excluding hydrogens is 316 g/mol. The number of halogens is 1. The molecule has 0 saturated heterocycles. The van der Waals surface area contributed by atoms with Crippen LogP contribution in [0.25, 0.3) is 0 Å². The zero-order chi connectivity index (χ0) is 14.3. The number of nitrogens with one attached hydrogen (secondary N) is 2. The van der Waals surface area contributed by atoms with Gasteiger partial charge in [-0.15, -0.1) is 0 Å². The van der Waals surface area contributed by atoms with Crippen LogP contribution in [-0.2, 0) is 4.74 Å². The Morgan fingerprint density at radius 2 is 2.16 bits per heavy atom. The molecule has 19 heavy (non-hydrogen) atoms. The van der Waals surface area contributed by atoms with Crippen molar-refractivity contribution in [2.45, 2.75) is 6.92 Å². The van der Waals surface area contributed by atoms with Gasteiger partial charge in [0, 0.05) is 17.6 Å². The summed E-state index contributed by atoms with van der Waals surface area (Å²) < 4.78 is 5.69. The number of rotatable bonds is 6. The first-order valence-electron chi connectivity index (χ1n) is 5.70. The minimum absolute atomic E-state index is 0.104. The molecule has 0 spiro atoms. The number of amides is 2. The van der Waals surface area contributed by atoms with Crippen LogP contribution in [0.3, 0.4) is 0 Å². The number of carbonyl (C=O) groups is 2. The van der Waals surface area contributed by atoms with E-state index in [0.717, 1.165) is 0 Å². The second-order valence-electron chi connectivity index (χ2n) is 3.58. The van der Waals surface area contributed by atoms with Gasteiger partial charge in [0.1, 0.15) is 0 Å². The normalized spacial score (nSPS) is 10.0. The molecule has 0 aromatic heterocycles. The Morgan fingerprint density at radius 3 is 2.79 bits per heavy atom. The van der Waals surface area contributed by atoms with Crippen molar-refractivity contribution in [2.24, 2.45) is 0 Å². The highest BCUT2D eigenvalue weighted by Crippen LogP contribution is 2.23. The molecule has 0 aliphatic carbocycles. The van der Waals surface area contributed by atoms with E-state index in [0.29, 0.717) is 29.9 Å². The zero-order valence-corrected chi connectivity index (χ0v) is 12.0. The number of hydrogen-bond acceptors (Lipinski definition) is 3. The maximum absolute atomic E-state index is 11.6. The van der Waals surface area contributed by atoms with E-state index >= 15 is 0 Å². The molecule has 7 heteroatoms. The van der Waals surface area contributed by atoms with Crippen molar-refractivity contribution in [3.05, 3.63) is 28.2 Å². The average Bonchev–Trinajstić information content (AvgIpc) is 2.37. The molecule has 3 N–H and O–H groups in total. The molecule has 104 valence electrons. The number of ether oxygens (including phenoxy) is 1. The number of carbonyl (C=O) groups excluding carboxylic acids is 1. The molecule has 0 saturated carbocycles. The summed E-state index contributed by atoms with van der Waals surface area (Å²) in [6.07, 6.45) is 0. The number of anilines is 1. The van der Waals surface area contributed by atoms with E-state index in [-0.39, 0.29) is 5.56 Å². The first kappa shape index (κ1) is 15.5. The fraction of sp³-hybridized carbons (Fsp3) is 0.333. The molecular formula is C12H15BrN2O4. The summed E-state index contributed by atoms with van der Waals surface area (Å²) in [5.74, 6) is -1.05. The molecule has 0 fully saturated rings. The highest BCUT2D eigenvalue weighted by molar-refractivity contribution is 9.10. The Hall–Kier alpha value is -1.60. The summed E-state index contributed by atoms with van der Waals surface area (Å²) in [6, 6.07) is 3.99. The Labute approximate surface area is 119 Å². The number of aromatic carboxylic acids is 1. The smallest absolute Gasteiger partial charge is 0.335 e. The second kappa shape index (κ2) is 7.75. The van der Waals surface area contributed by atoms with E-state index in [4.69, 9.17) is 9.84 Å². The van der Waals surface area contributed by atoms with Gasteiger partial charge in [0.25, 0.3) is 0 Å². The Kier molecular flexibility index (Phi) is 6.31. The summed E-state index contributed by atoms with van der Waals surface area (Å²) in [7, 11) is 0. The molecule has 1 rings (SSSR count). The summed E-state index contributed by atoms with van der Waals surface area (Å²) >= 11 is 3.24. The fourth-order valence-corrected chi connectivity index (χ4v) is 1.65. The molecule has 0 radical (unpaired) electrons. The monoisotopic (exact) mass is 330 g/mol. The van der Waals surface area contributed by atoms with Crippen LogP contribution in [0.15, 0.2) is 22.7 Å². The lowest BCUT2D eigenvalue weighted by Gasteiger charge is -2.09. The Morgan fingerprint density at radius 1 is 1.42 bits per heavy atom. The molecule has 6 nitrogen and oxygen atoms in total. The third-order valence-corrected chi connectivity index (χ3v) is 2.89. The Balaban J connectivity index is 2.58. The SMILES string of the molecule is CCOCCNC(=O)Nc1cc(C(=O)O)ccc1Br. The highest BCUT2D eigenvalue weighted by Gasteiger charge is 2.09. The third-order valence-electron chi connectivity index (χ3n) is 2.20. The van der Waals surface area contributed by atoms with Crippen LogP contribution in [-0.4, -0.2) is 36.9 Å². The molecule has 0 atom stereocenters. The van der Waals surface area contributed by atoms with Crippen LogP contribution < -0.4 is 10.6 Å². The van der Waals surface area contributed by atoms with E-state index in [9.17, 15) is 9.59 Å². The number of hydrogen-bond donors (Lipinski definition) is 3. The topological polar surface area (TPSA) is 87.7 Å². The number of carboxylic acid groups (broad SMARTS) is 1. The van der Waals surface area contributed by atoms with E-state index in [1.165, 1.54) is 12.1 Å². The van der Waals surface area contributed by atoms with Crippen molar-refractivity contribution >= 4 is 33.6 Å². The van der Waals surface area contributed by atoms with Crippen molar-refractivity contribution < 1.29 is 19.4 Å². The van der Waals surface area contributed by atoms with Gasteiger partial charge in [0.2, 0.25) is 0 Å². The van der Waals surface area contributed by atoms with E-state index < -0.39 is 12.0 Å². The zero-order valence-electron chi connectivity index (χ0n) is 10.4. The van der Waals surface area contributed by atoms with Crippen LogP contribution >= 0.6 is 15.9 Å². The van der Waals surface area contributed by atoms with Gasteiger partial charge in [-0.1, -0.05) is 0 Å². The number of benzene rings is 1. The molecule has 0 aliphatic rings. The van der Waals surface area contributed by atoms with Crippen molar-refractivity contribution in [2.75, 3.05) is 25.1 Å². The summed E-state index contributed by atoms with van der Waals surface area (Å²) in [5.41, 5.74) is 0.502. The third kappa shape index (κ3) is 5.27. The predicted molar refractivity (Wildman–Crippen MR) is 74.6 cm³/mol. The minimum Gasteiger partial charge on any atom is -0.478 e. The van der Waals surface area contributed by atoms with Crippen LogP contribution in [0.5, 0.6) is 0 Å². The standard InChI is InChI=1S/C12H15BrN2O4/c1-2-19-6-5-14-12(18)15-10-7-8(11(16)17)3-4-9(10)13/h3-4,7H,2,5-6H2,1H3,(H,16,17)(H2,14,15,18). The van der Waals surface area contributed by atoms with Gasteiger partial charge in [-0.2, -0.15) is 0 Å².